The molecule has 2 heterocycles. The first kappa shape index (κ1) is 18.1. The number of benzene rings is 3. The van der Waals surface area contributed by atoms with Gasteiger partial charge >= 0.3 is 0 Å². The average Bonchev–Trinajstić information content (AvgIpc) is 3.37. The van der Waals surface area contributed by atoms with Gasteiger partial charge in [-0.25, -0.2) is 10.4 Å². The molecule has 0 amide bonds. The highest BCUT2D eigenvalue weighted by molar-refractivity contribution is 7.22. The normalized spacial score (nSPS) is 11.8. The summed E-state index contributed by atoms with van der Waals surface area (Å²) in [5, 5.41) is 8.25. The summed E-state index contributed by atoms with van der Waals surface area (Å²) in [4.78, 5) is 5.42. The molecule has 2 aromatic heterocycles. The van der Waals surface area contributed by atoms with E-state index in [1.807, 2.05) is 60.7 Å². The van der Waals surface area contributed by atoms with Crippen LogP contribution in [0.2, 0.25) is 5.02 Å². The second kappa shape index (κ2) is 7.83. The minimum atomic E-state index is 0.705. The number of halogens is 1. The van der Waals surface area contributed by atoms with Crippen molar-refractivity contribution in [2.75, 3.05) is 5.43 Å². The molecule has 5 rings (SSSR count). The first-order chi connectivity index (χ1) is 14.3. The van der Waals surface area contributed by atoms with E-state index in [1.54, 1.807) is 22.7 Å². The molecule has 0 fully saturated rings. The van der Waals surface area contributed by atoms with E-state index in [0.717, 1.165) is 37.1 Å². The summed E-state index contributed by atoms with van der Waals surface area (Å²) in [5.74, 6) is 0. The van der Waals surface area contributed by atoms with Crippen LogP contribution in [-0.2, 0) is 0 Å². The zero-order chi connectivity index (χ0) is 19.6. The molecule has 0 bridgehead atoms. The van der Waals surface area contributed by atoms with E-state index >= 15 is 0 Å². The Hall–Kier alpha value is -2.93. The summed E-state index contributed by atoms with van der Waals surface area (Å²) >= 11 is 9.26. The fourth-order valence-electron chi connectivity index (χ4n) is 3.05. The molecule has 0 radical (unpaired) electrons. The fourth-order valence-corrected chi connectivity index (χ4v) is 4.86. The van der Waals surface area contributed by atoms with Gasteiger partial charge in [0.2, 0.25) is 9.93 Å². The summed E-state index contributed by atoms with van der Waals surface area (Å²) in [6.45, 7) is 0. The van der Waals surface area contributed by atoms with Gasteiger partial charge in [-0.05, 0) is 42.0 Å². The van der Waals surface area contributed by atoms with Gasteiger partial charge in [0.1, 0.15) is 0 Å². The molecule has 0 saturated heterocycles. The Kier molecular flexibility index (Phi) is 4.89. The molecule has 4 nitrogen and oxygen atoms in total. The van der Waals surface area contributed by atoms with E-state index in [4.69, 9.17) is 11.6 Å². The van der Waals surface area contributed by atoms with Crippen LogP contribution in [0.15, 0.2) is 89.3 Å². The second-order valence-electron chi connectivity index (χ2n) is 6.29. The molecular weight excluding hydrogens is 420 g/mol. The summed E-state index contributed by atoms with van der Waals surface area (Å²) in [6.07, 6.45) is 0. The minimum Gasteiger partial charge on any atom is -0.284 e. The Bertz CT molecular complexity index is 1300. The molecule has 0 aliphatic rings. The number of aromatic nitrogens is 2. The highest BCUT2D eigenvalue weighted by Gasteiger charge is 2.10. The molecule has 0 atom stereocenters. The van der Waals surface area contributed by atoms with E-state index in [2.05, 4.69) is 43.7 Å². The summed E-state index contributed by atoms with van der Waals surface area (Å²) in [7, 11) is 0. The lowest BCUT2D eigenvalue weighted by atomic mass is 10.1. The lowest BCUT2D eigenvalue weighted by Crippen LogP contribution is -2.15. The number of thiazole rings is 2. The largest absolute Gasteiger partial charge is 0.284 e. The number of fused-ring (bicyclic) bond motifs is 1. The van der Waals surface area contributed by atoms with E-state index in [1.165, 1.54) is 0 Å². The maximum atomic E-state index is 6.10. The van der Waals surface area contributed by atoms with E-state index in [0.29, 0.717) is 5.02 Å². The van der Waals surface area contributed by atoms with Crippen LogP contribution < -0.4 is 10.2 Å². The lowest BCUT2D eigenvalue weighted by Gasteiger charge is -2.09. The minimum absolute atomic E-state index is 0.705. The van der Waals surface area contributed by atoms with Crippen molar-refractivity contribution in [2.45, 2.75) is 0 Å². The number of anilines is 1. The maximum Gasteiger partial charge on any atom is 0.213 e. The molecule has 1 N–H and O–H groups in total. The molecule has 5 aromatic rings. The lowest BCUT2D eigenvalue weighted by molar-refractivity contribution is 0.991. The van der Waals surface area contributed by atoms with Crippen LogP contribution in [0.1, 0.15) is 0 Å². The molecule has 0 unspecified atom stereocenters. The number of para-hydroxylation sites is 1. The van der Waals surface area contributed by atoms with Crippen molar-refractivity contribution >= 4 is 49.6 Å². The van der Waals surface area contributed by atoms with Gasteiger partial charge in [0, 0.05) is 16.1 Å². The topological polar surface area (TPSA) is 42.2 Å². The smallest absolute Gasteiger partial charge is 0.213 e. The van der Waals surface area contributed by atoms with Gasteiger partial charge in [-0.2, -0.15) is 0 Å². The van der Waals surface area contributed by atoms with Gasteiger partial charge in [0.25, 0.3) is 0 Å². The quantitative estimate of drug-likeness (QED) is 0.333. The van der Waals surface area contributed by atoms with E-state index < -0.39 is 0 Å². The van der Waals surface area contributed by atoms with Gasteiger partial charge in [-0.15, -0.1) is 16.4 Å². The zero-order valence-corrected chi connectivity index (χ0v) is 17.5. The number of rotatable bonds is 4. The van der Waals surface area contributed by atoms with Crippen molar-refractivity contribution in [3.63, 3.8) is 0 Å². The maximum absolute atomic E-state index is 6.10. The Labute approximate surface area is 180 Å². The Morgan fingerprint density at radius 2 is 1.66 bits per heavy atom. The van der Waals surface area contributed by atoms with Crippen LogP contribution in [0.5, 0.6) is 0 Å². The number of hydrogen-bond donors (Lipinski definition) is 1. The fraction of sp³-hybridized carbons (Fsp3) is 0. The summed E-state index contributed by atoms with van der Waals surface area (Å²) in [6, 6.07) is 26.1. The SMILES string of the molecule is Clc1ccc(-n2c(-c3ccccc3)cs/c2=N/Nc2nc3ccccc3s2)cc1. The van der Waals surface area contributed by atoms with Gasteiger partial charge in [0.15, 0.2) is 0 Å². The number of hydrogen-bond acceptors (Lipinski definition) is 5. The first-order valence-corrected chi connectivity index (χ1v) is 11.0. The second-order valence-corrected chi connectivity index (χ2v) is 8.60. The molecule has 3 aromatic carbocycles. The predicted molar refractivity (Wildman–Crippen MR) is 123 cm³/mol. The van der Waals surface area contributed by atoms with Crippen LogP contribution in [-0.4, -0.2) is 9.55 Å². The standard InChI is InChI=1S/C22H15ClN4S2/c23-16-10-12-17(13-11-16)27-19(15-6-2-1-3-7-15)14-28-22(27)26-25-21-24-18-8-4-5-9-20(18)29-21/h1-14H,(H,24,25)/b26-22+. The molecule has 0 aliphatic carbocycles. The molecule has 7 heteroatoms. The third-order valence-corrected chi connectivity index (χ3v) is 6.42. The molecule has 0 aliphatic heterocycles. The Morgan fingerprint density at radius 1 is 0.897 bits per heavy atom. The first-order valence-electron chi connectivity index (χ1n) is 8.95. The van der Waals surface area contributed by atoms with Crippen LogP contribution in [0.4, 0.5) is 5.13 Å². The van der Waals surface area contributed by atoms with Crippen LogP contribution in [0.3, 0.4) is 0 Å². The summed E-state index contributed by atoms with van der Waals surface area (Å²) < 4.78 is 3.25. The number of nitrogens with zero attached hydrogens (tertiary/aromatic N) is 3. The van der Waals surface area contributed by atoms with Crippen molar-refractivity contribution in [3.8, 4) is 16.9 Å². The van der Waals surface area contributed by atoms with Gasteiger partial charge < -0.3 is 0 Å². The van der Waals surface area contributed by atoms with E-state index in [-0.39, 0.29) is 0 Å². The van der Waals surface area contributed by atoms with Crippen molar-refractivity contribution in [1.82, 2.24) is 9.55 Å². The third-order valence-electron chi connectivity index (χ3n) is 4.40. The molecule has 0 saturated carbocycles. The molecular formula is C22H15ClN4S2. The van der Waals surface area contributed by atoms with Gasteiger partial charge in [0.05, 0.1) is 15.9 Å². The van der Waals surface area contributed by atoms with Crippen molar-refractivity contribution in [2.24, 2.45) is 5.10 Å². The summed E-state index contributed by atoms with van der Waals surface area (Å²) in [5.41, 5.74) is 7.30. The van der Waals surface area contributed by atoms with E-state index in [9.17, 15) is 0 Å². The third kappa shape index (κ3) is 3.70. The Balaban J connectivity index is 1.61. The number of nitrogens with one attached hydrogen (secondary N) is 1. The highest BCUT2D eigenvalue weighted by atomic mass is 35.5. The predicted octanol–water partition coefficient (Wildman–Crippen LogP) is 6.40. The Morgan fingerprint density at radius 3 is 2.45 bits per heavy atom. The molecule has 142 valence electrons. The van der Waals surface area contributed by atoms with Crippen LogP contribution in [0.25, 0.3) is 27.2 Å². The van der Waals surface area contributed by atoms with Gasteiger partial charge in [-0.1, -0.05) is 65.4 Å². The van der Waals surface area contributed by atoms with Crippen LogP contribution in [0, 0.1) is 0 Å². The average molecular weight is 435 g/mol. The molecule has 0 spiro atoms. The highest BCUT2D eigenvalue weighted by Crippen LogP contribution is 2.26. The van der Waals surface area contributed by atoms with Gasteiger partial charge in [-0.3, -0.25) is 4.57 Å². The van der Waals surface area contributed by atoms with Crippen LogP contribution >= 0.6 is 34.3 Å². The van der Waals surface area contributed by atoms with Crippen molar-refractivity contribution < 1.29 is 0 Å². The zero-order valence-electron chi connectivity index (χ0n) is 15.1. The van der Waals surface area contributed by atoms with Crippen molar-refractivity contribution in [1.29, 1.82) is 0 Å². The molecule has 29 heavy (non-hydrogen) atoms. The van der Waals surface area contributed by atoms with Crippen molar-refractivity contribution in [3.05, 3.63) is 94.1 Å². The monoisotopic (exact) mass is 434 g/mol.